The third-order valence-electron chi connectivity index (χ3n) is 3.12. The van der Waals surface area contributed by atoms with Crippen LogP contribution in [0.3, 0.4) is 0 Å². The fourth-order valence-corrected chi connectivity index (χ4v) is 2.32. The lowest BCUT2D eigenvalue weighted by atomic mass is 9.92. The minimum Gasteiger partial charge on any atom is -0.481 e. The molecule has 1 aromatic rings. The van der Waals surface area contributed by atoms with Gasteiger partial charge in [0.15, 0.2) is 0 Å². The molecular weight excluding hydrogens is 226 g/mol. The van der Waals surface area contributed by atoms with Gasteiger partial charge in [0.25, 0.3) is 0 Å². The first kappa shape index (κ1) is 14.7. The quantitative estimate of drug-likeness (QED) is 0.730. The van der Waals surface area contributed by atoms with Gasteiger partial charge >= 0.3 is 5.97 Å². The van der Waals surface area contributed by atoms with Crippen molar-refractivity contribution in [2.45, 2.75) is 39.5 Å². The van der Waals surface area contributed by atoms with Gasteiger partial charge in [-0.05, 0) is 45.2 Å². The number of rotatable bonds is 7. The number of hydrogen-bond acceptors (Lipinski definition) is 2. The van der Waals surface area contributed by atoms with Gasteiger partial charge in [-0.15, -0.1) is 0 Å². The molecule has 0 radical (unpaired) electrons. The summed E-state index contributed by atoms with van der Waals surface area (Å²) in [5.41, 5.74) is 8.94. The normalized spacial score (nSPS) is 12.4. The Morgan fingerprint density at radius 2 is 1.83 bits per heavy atom. The van der Waals surface area contributed by atoms with Crippen LogP contribution < -0.4 is 5.73 Å². The second-order valence-corrected chi connectivity index (χ2v) is 5.02. The predicted molar refractivity (Wildman–Crippen MR) is 73.7 cm³/mol. The second-order valence-electron chi connectivity index (χ2n) is 5.02. The molecule has 100 valence electrons. The third kappa shape index (κ3) is 4.88. The molecule has 0 aliphatic carbocycles. The lowest BCUT2D eigenvalue weighted by Gasteiger charge is -2.13. The van der Waals surface area contributed by atoms with Crippen molar-refractivity contribution in [2.75, 3.05) is 6.54 Å². The number of carboxylic acid groups (broad SMARTS) is 1. The highest BCUT2D eigenvalue weighted by Crippen LogP contribution is 2.18. The summed E-state index contributed by atoms with van der Waals surface area (Å²) in [7, 11) is 0. The maximum atomic E-state index is 11.2. The van der Waals surface area contributed by atoms with Crippen LogP contribution in [-0.4, -0.2) is 17.6 Å². The van der Waals surface area contributed by atoms with Crippen molar-refractivity contribution >= 4 is 5.97 Å². The van der Waals surface area contributed by atoms with E-state index in [1.54, 1.807) is 0 Å². The van der Waals surface area contributed by atoms with Crippen LogP contribution in [0.4, 0.5) is 0 Å². The van der Waals surface area contributed by atoms with Crippen molar-refractivity contribution in [3.05, 3.63) is 34.9 Å². The molecule has 0 aromatic heterocycles. The standard InChI is InChI=1S/C15H23NO2/c1-11-7-12(2)9-13(8-11)10-14(15(17)18)5-3-4-6-16/h7-9,14H,3-6,10,16H2,1-2H3,(H,17,18). The summed E-state index contributed by atoms with van der Waals surface area (Å²) < 4.78 is 0. The SMILES string of the molecule is Cc1cc(C)cc(CC(CCCCN)C(=O)O)c1. The van der Waals surface area contributed by atoms with Crippen LogP contribution in [-0.2, 0) is 11.2 Å². The maximum Gasteiger partial charge on any atom is 0.306 e. The summed E-state index contributed by atoms with van der Waals surface area (Å²) in [6.45, 7) is 4.72. The van der Waals surface area contributed by atoms with Crippen LogP contribution in [0.1, 0.15) is 36.0 Å². The zero-order chi connectivity index (χ0) is 13.5. The highest BCUT2D eigenvalue weighted by Gasteiger charge is 2.17. The molecule has 0 saturated carbocycles. The van der Waals surface area contributed by atoms with Gasteiger partial charge in [0.05, 0.1) is 5.92 Å². The van der Waals surface area contributed by atoms with E-state index < -0.39 is 5.97 Å². The molecule has 3 N–H and O–H groups in total. The van der Waals surface area contributed by atoms with Gasteiger partial charge in [0.1, 0.15) is 0 Å². The minimum absolute atomic E-state index is 0.294. The summed E-state index contributed by atoms with van der Waals surface area (Å²) in [6, 6.07) is 6.26. The number of unbranched alkanes of at least 4 members (excludes halogenated alkanes) is 1. The molecule has 0 heterocycles. The topological polar surface area (TPSA) is 63.3 Å². The minimum atomic E-state index is -0.703. The van der Waals surface area contributed by atoms with Gasteiger partial charge in [-0.25, -0.2) is 0 Å². The highest BCUT2D eigenvalue weighted by atomic mass is 16.4. The van der Waals surface area contributed by atoms with E-state index in [1.165, 1.54) is 11.1 Å². The number of benzene rings is 1. The van der Waals surface area contributed by atoms with E-state index >= 15 is 0 Å². The van der Waals surface area contributed by atoms with Crippen LogP contribution in [0.25, 0.3) is 0 Å². The van der Waals surface area contributed by atoms with Crippen LogP contribution >= 0.6 is 0 Å². The fraction of sp³-hybridized carbons (Fsp3) is 0.533. The van der Waals surface area contributed by atoms with Crippen molar-refractivity contribution in [3.8, 4) is 0 Å². The fourth-order valence-electron chi connectivity index (χ4n) is 2.32. The first-order chi connectivity index (χ1) is 8.52. The largest absolute Gasteiger partial charge is 0.481 e. The number of hydrogen-bond donors (Lipinski definition) is 2. The Morgan fingerprint density at radius 3 is 2.33 bits per heavy atom. The molecule has 18 heavy (non-hydrogen) atoms. The van der Waals surface area contributed by atoms with Crippen molar-refractivity contribution in [1.82, 2.24) is 0 Å². The monoisotopic (exact) mass is 249 g/mol. The average molecular weight is 249 g/mol. The molecule has 0 bridgehead atoms. The highest BCUT2D eigenvalue weighted by molar-refractivity contribution is 5.70. The van der Waals surface area contributed by atoms with Crippen molar-refractivity contribution in [3.63, 3.8) is 0 Å². The Bertz CT molecular complexity index is 381. The van der Waals surface area contributed by atoms with E-state index in [0.717, 1.165) is 18.4 Å². The van der Waals surface area contributed by atoms with E-state index in [4.69, 9.17) is 5.73 Å². The Labute approximate surface area is 109 Å². The number of carboxylic acids is 1. The maximum absolute atomic E-state index is 11.2. The molecule has 0 fully saturated rings. The smallest absolute Gasteiger partial charge is 0.306 e. The number of aliphatic carboxylic acids is 1. The molecule has 0 spiro atoms. The molecule has 0 amide bonds. The lowest BCUT2D eigenvalue weighted by Crippen LogP contribution is -2.17. The van der Waals surface area contributed by atoms with E-state index in [1.807, 2.05) is 13.8 Å². The molecule has 3 nitrogen and oxygen atoms in total. The van der Waals surface area contributed by atoms with Crippen molar-refractivity contribution in [1.29, 1.82) is 0 Å². The van der Waals surface area contributed by atoms with Crippen LogP contribution in [0.2, 0.25) is 0 Å². The molecular formula is C15H23NO2. The second kappa shape index (κ2) is 7.17. The Kier molecular flexibility index (Phi) is 5.86. The van der Waals surface area contributed by atoms with Gasteiger partial charge in [-0.3, -0.25) is 4.79 Å². The van der Waals surface area contributed by atoms with Crippen LogP contribution in [0, 0.1) is 19.8 Å². The molecule has 1 unspecified atom stereocenters. The van der Waals surface area contributed by atoms with E-state index in [-0.39, 0.29) is 5.92 Å². The molecule has 3 heteroatoms. The lowest BCUT2D eigenvalue weighted by molar-refractivity contribution is -0.142. The summed E-state index contributed by atoms with van der Waals surface area (Å²) in [5.74, 6) is -0.996. The average Bonchev–Trinajstić information content (AvgIpc) is 2.26. The third-order valence-corrected chi connectivity index (χ3v) is 3.12. The molecule has 1 rings (SSSR count). The number of carbonyl (C=O) groups is 1. The summed E-state index contributed by atoms with van der Waals surface area (Å²) >= 11 is 0. The summed E-state index contributed by atoms with van der Waals surface area (Å²) in [4.78, 5) is 11.2. The Balaban J connectivity index is 2.67. The van der Waals surface area contributed by atoms with Crippen LogP contribution in [0.5, 0.6) is 0 Å². The predicted octanol–water partition coefficient (Wildman–Crippen LogP) is 2.68. The first-order valence-electron chi connectivity index (χ1n) is 6.53. The first-order valence-corrected chi connectivity index (χ1v) is 6.53. The van der Waals surface area contributed by atoms with Gasteiger partial charge in [-0.2, -0.15) is 0 Å². The van der Waals surface area contributed by atoms with Crippen LogP contribution in [0.15, 0.2) is 18.2 Å². The summed E-state index contributed by atoms with van der Waals surface area (Å²) in [6.07, 6.45) is 3.11. The van der Waals surface area contributed by atoms with Gasteiger partial charge < -0.3 is 10.8 Å². The number of nitrogens with two attached hydrogens (primary N) is 1. The molecule has 1 aromatic carbocycles. The molecule has 1 atom stereocenters. The molecule has 0 saturated heterocycles. The van der Waals surface area contributed by atoms with Gasteiger partial charge in [-0.1, -0.05) is 35.7 Å². The van der Waals surface area contributed by atoms with E-state index in [9.17, 15) is 9.90 Å². The number of aryl methyl sites for hydroxylation is 2. The zero-order valence-electron chi connectivity index (χ0n) is 11.3. The van der Waals surface area contributed by atoms with E-state index in [0.29, 0.717) is 19.4 Å². The van der Waals surface area contributed by atoms with Crippen molar-refractivity contribution in [2.24, 2.45) is 11.7 Å². The zero-order valence-corrected chi connectivity index (χ0v) is 11.3. The molecule has 0 aliphatic rings. The summed E-state index contributed by atoms with van der Waals surface area (Å²) in [5, 5.41) is 9.24. The Hall–Kier alpha value is -1.35. The van der Waals surface area contributed by atoms with Gasteiger partial charge in [0, 0.05) is 0 Å². The molecule has 0 aliphatic heterocycles. The van der Waals surface area contributed by atoms with Crippen molar-refractivity contribution < 1.29 is 9.90 Å². The van der Waals surface area contributed by atoms with Gasteiger partial charge in [0.2, 0.25) is 0 Å². The van der Waals surface area contributed by atoms with E-state index in [2.05, 4.69) is 18.2 Å². The Morgan fingerprint density at radius 1 is 1.22 bits per heavy atom.